The predicted octanol–water partition coefficient (Wildman–Crippen LogP) is 1.30. The van der Waals surface area contributed by atoms with Crippen LogP contribution in [0.3, 0.4) is 0 Å². The summed E-state index contributed by atoms with van der Waals surface area (Å²) in [4.78, 5) is 41.2. The van der Waals surface area contributed by atoms with Gasteiger partial charge in [0.1, 0.15) is 0 Å². The Hall–Kier alpha value is -2.72. The number of benzene rings is 1. The maximum absolute atomic E-state index is 12.5. The third-order valence-corrected chi connectivity index (χ3v) is 5.36. The Balaban J connectivity index is 1.42. The van der Waals surface area contributed by atoms with Gasteiger partial charge in [0.15, 0.2) is 0 Å². The number of nitro benzene ring substituents is 1. The first kappa shape index (κ1) is 21.0. The summed E-state index contributed by atoms with van der Waals surface area (Å²) in [6.07, 6.45) is 0.291. The Bertz CT molecular complexity index is 757. The van der Waals surface area contributed by atoms with Gasteiger partial charge in [0, 0.05) is 58.3 Å². The Morgan fingerprint density at radius 3 is 2.41 bits per heavy atom. The molecule has 2 fully saturated rings. The van der Waals surface area contributed by atoms with E-state index < -0.39 is 4.92 Å². The summed E-state index contributed by atoms with van der Waals surface area (Å²) in [5.74, 6) is -0.180. The molecule has 0 aromatic heterocycles. The molecule has 3 amide bonds. The molecule has 0 bridgehead atoms. The number of nitrogens with zero attached hydrogens (tertiary/aromatic N) is 4. The van der Waals surface area contributed by atoms with Crippen molar-refractivity contribution < 1.29 is 19.2 Å². The zero-order valence-corrected chi connectivity index (χ0v) is 16.6. The average molecular weight is 405 g/mol. The van der Waals surface area contributed by atoms with E-state index in [1.165, 1.54) is 6.07 Å². The fourth-order valence-electron chi connectivity index (χ4n) is 3.55. The molecule has 3 rings (SSSR count). The minimum atomic E-state index is -0.456. The highest BCUT2D eigenvalue weighted by Gasteiger charge is 2.26. The second-order valence-corrected chi connectivity index (χ2v) is 7.22. The zero-order chi connectivity index (χ0) is 20.8. The monoisotopic (exact) mass is 405 g/mol. The van der Waals surface area contributed by atoms with Crippen molar-refractivity contribution in [3.63, 3.8) is 0 Å². The molecule has 0 radical (unpaired) electrons. The van der Waals surface area contributed by atoms with Crippen LogP contribution in [0.15, 0.2) is 18.2 Å². The lowest BCUT2D eigenvalue weighted by atomic mass is 10.1. The van der Waals surface area contributed by atoms with Gasteiger partial charge >= 0.3 is 6.03 Å². The molecule has 2 heterocycles. The van der Waals surface area contributed by atoms with Crippen molar-refractivity contribution in [3.8, 4) is 0 Å². The van der Waals surface area contributed by atoms with E-state index in [0.717, 1.165) is 13.1 Å². The highest BCUT2D eigenvalue weighted by molar-refractivity contribution is 5.92. The van der Waals surface area contributed by atoms with Crippen molar-refractivity contribution in [2.75, 3.05) is 64.3 Å². The van der Waals surface area contributed by atoms with Crippen molar-refractivity contribution >= 4 is 23.3 Å². The number of rotatable bonds is 5. The summed E-state index contributed by atoms with van der Waals surface area (Å²) >= 11 is 0. The predicted molar refractivity (Wildman–Crippen MR) is 107 cm³/mol. The number of hydrogen-bond donors (Lipinski definition) is 1. The highest BCUT2D eigenvalue weighted by atomic mass is 16.6. The van der Waals surface area contributed by atoms with Gasteiger partial charge in [-0.3, -0.25) is 19.8 Å². The van der Waals surface area contributed by atoms with Gasteiger partial charge in [-0.25, -0.2) is 4.79 Å². The summed E-state index contributed by atoms with van der Waals surface area (Å²) in [6.45, 7) is 7.38. The van der Waals surface area contributed by atoms with Crippen LogP contribution in [0.2, 0.25) is 0 Å². The molecule has 0 atom stereocenters. The van der Waals surface area contributed by atoms with E-state index in [-0.39, 0.29) is 17.6 Å². The van der Waals surface area contributed by atoms with Crippen molar-refractivity contribution in [3.05, 3.63) is 33.9 Å². The second kappa shape index (κ2) is 9.66. The standard InChI is InChI=1S/C19H27N5O5/c1-15-16(3-2-4-17(15)24(27)28)20-18(25)5-6-21-7-9-22(10-8-21)19(26)23-11-13-29-14-12-23/h2-4H,5-14H2,1H3,(H,20,25). The number of morpholine rings is 1. The first-order valence-electron chi connectivity index (χ1n) is 9.83. The van der Waals surface area contributed by atoms with Crippen LogP contribution < -0.4 is 5.32 Å². The van der Waals surface area contributed by atoms with Gasteiger partial charge in [-0.1, -0.05) is 6.07 Å². The third kappa shape index (κ3) is 5.42. The first-order valence-corrected chi connectivity index (χ1v) is 9.83. The SMILES string of the molecule is Cc1c(NC(=O)CCN2CCN(C(=O)N3CCOCC3)CC2)cccc1[N+](=O)[O-]. The van der Waals surface area contributed by atoms with Crippen LogP contribution in [0, 0.1) is 17.0 Å². The molecule has 2 aliphatic rings. The lowest BCUT2D eigenvalue weighted by molar-refractivity contribution is -0.385. The maximum Gasteiger partial charge on any atom is 0.320 e. The smallest absolute Gasteiger partial charge is 0.320 e. The van der Waals surface area contributed by atoms with Crippen LogP contribution in [-0.4, -0.2) is 90.6 Å². The van der Waals surface area contributed by atoms with Gasteiger partial charge in [0.25, 0.3) is 5.69 Å². The van der Waals surface area contributed by atoms with Gasteiger partial charge in [0.2, 0.25) is 5.91 Å². The Labute approximate surface area is 169 Å². The number of ether oxygens (including phenoxy) is 1. The van der Waals surface area contributed by atoms with Crippen LogP contribution in [0.25, 0.3) is 0 Å². The lowest BCUT2D eigenvalue weighted by Gasteiger charge is -2.38. The number of nitro groups is 1. The molecule has 158 valence electrons. The number of urea groups is 1. The number of nitrogens with one attached hydrogen (secondary N) is 1. The van der Waals surface area contributed by atoms with Gasteiger partial charge in [0.05, 0.1) is 29.4 Å². The molecule has 1 N–H and O–H groups in total. The Kier molecular flexibility index (Phi) is 6.99. The lowest BCUT2D eigenvalue weighted by Crippen LogP contribution is -2.54. The fraction of sp³-hybridized carbons (Fsp3) is 0.579. The molecule has 2 saturated heterocycles. The number of anilines is 1. The van der Waals surface area contributed by atoms with Crippen LogP contribution in [0.1, 0.15) is 12.0 Å². The number of amides is 3. The summed E-state index contributed by atoms with van der Waals surface area (Å²) in [7, 11) is 0. The van der Waals surface area contributed by atoms with Crippen LogP contribution in [0.4, 0.5) is 16.2 Å². The summed E-state index contributed by atoms with van der Waals surface area (Å²) in [5, 5.41) is 13.8. The molecule has 0 unspecified atom stereocenters. The van der Waals surface area contributed by atoms with Crippen molar-refractivity contribution in [1.29, 1.82) is 0 Å². The van der Waals surface area contributed by atoms with Gasteiger partial charge in [-0.05, 0) is 13.0 Å². The fourth-order valence-corrected chi connectivity index (χ4v) is 3.55. The van der Waals surface area contributed by atoms with Crippen LogP contribution >= 0.6 is 0 Å². The van der Waals surface area contributed by atoms with E-state index in [2.05, 4.69) is 10.2 Å². The number of carbonyl (C=O) groups excluding carboxylic acids is 2. The second-order valence-electron chi connectivity index (χ2n) is 7.22. The average Bonchev–Trinajstić information content (AvgIpc) is 2.74. The number of piperazine rings is 1. The molecule has 29 heavy (non-hydrogen) atoms. The minimum absolute atomic E-state index is 0.0103. The first-order chi connectivity index (χ1) is 14.0. The van der Waals surface area contributed by atoms with Gasteiger partial charge in [-0.15, -0.1) is 0 Å². The molecule has 2 aliphatic heterocycles. The largest absolute Gasteiger partial charge is 0.378 e. The summed E-state index contributed by atoms with van der Waals surface area (Å²) in [5.41, 5.74) is 0.898. The quantitative estimate of drug-likeness (QED) is 0.584. The van der Waals surface area contributed by atoms with E-state index in [0.29, 0.717) is 63.6 Å². The molecule has 0 saturated carbocycles. The van der Waals surface area contributed by atoms with E-state index in [4.69, 9.17) is 4.74 Å². The third-order valence-electron chi connectivity index (χ3n) is 5.36. The number of carbonyl (C=O) groups is 2. The zero-order valence-electron chi connectivity index (χ0n) is 16.6. The highest BCUT2D eigenvalue weighted by Crippen LogP contribution is 2.25. The van der Waals surface area contributed by atoms with Crippen LogP contribution in [-0.2, 0) is 9.53 Å². The molecule has 0 spiro atoms. The maximum atomic E-state index is 12.5. The molecular weight excluding hydrogens is 378 g/mol. The van der Waals surface area contributed by atoms with Crippen LogP contribution in [0.5, 0.6) is 0 Å². The molecule has 10 heteroatoms. The summed E-state index contributed by atoms with van der Waals surface area (Å²) < 4.78 is 5.28. The Morgan fingerprint density at radius 2 is 1.76 bits per heavy atom. The van der Waals surface area contributed by atoms with Gasteiger partial charge < -0.3 is 19.9 Å². The molecule has 1 aromatic carbocycles. The van der Waals surface area contributed by atoms with Crippen molar-refractivity contribution in [2.45, 2.75) is 13.3 Å². The molecule has 10 nitrogen and oxygen atoms in total. The van der Waals surface area contributed by atoms with Gasteiger partial charge in [-0.2, -0.15) is 0 Å². The molecule has 0 aliphatic carbocycles. The Morgan fingerprint density at radius 1 is 1.10 bits per heavy atom. The van der Waals surface area contributed by atoms with Crippen molar-refractivity contribution in [2.24, 2.45) is 0 Å². The summed E-state index contributed by atoms with van der Waals surface area (Å²) in [6, 6.07) is 4.71. The number of hydrogen-bond acceptors (Lipinski definition) is 6. The van der Waals surface area contributed by atoms with E-state index >= 15 is 0 Å². The van der Waals surface area contributed by atoms with Crippen molar-refractivity contribution in [1.82, 2.24) is 14.7 Å². The molecule has 1 aromatic rings. The van der Waals surface area contributed by atoms with E-state index in [9.17, 15) is 19.7 Å². The van der Waals surface area contributed by atoms with E-state index in [1.54, 1.807) is 19.1 Å². The normalized spacial score (nSPS) is 17.8. The topological polar surface area (TPSA) is 108 Å². The molecular formula is C19H27N5O5. The minimum Gasteiger partial charge on any atom is -0.378 e. The van der Waals surface area contributed by atoms with E-state index in [1.807, 2.05) is 9.80 Å².